The van der Waals surface area contributed by atoms with E-state index >= 15 is 0 Å². The van der Waals surface area contributed by atoms with Gasteiger partial charge in [0.25, 0.3) is 0 Å². The van der Waals surface area contributed by atoms with E-state index in [1.807, 2.05) is 18.5 Å². The Balaban J connectivity index is 1.32. The zero-order valence-corrected chi connectivity index (χ0v) is 33.5. The van der Waals surface area contributed by atoms with E-state index in [4.69, 9.17) is 9.47 Å². The average molecular weight is 703 g/mol. The molecule has 1 saturated heterocycles. The maximum absolute atomic E-state index is 6.96. The summed E-state index contributed by atoms with van der Waals surface area (Å²) in [5.41, 5.74) is 1.28. The van der Waals surface area contributed by atoms with E-state index in [1.165, 1.54) is 134 Å². The van der Waals surface area contributed by atoms with Crippen LogP contribution in [0.3, 0.4) is 0 Å². The summed E-state index contributed by atoms with van der Waals surface area (Å²) in [7, 11) is 2.25. The third-order valence-corrected chi connectivity index (χ3v) is 11.0. The third kappa shape index (κ3) is 19.6. The molecular weight excluding hydrogens is 625 g/mol. The lowest BCUT2D eigenvalue weighted by Gasteiger charge is -2.32. The zero-order valence-electron chi connectivity index (χ0n) is 33.5. The highest BCUT2D eigenvalue weighted by atomic mass is 16.8. The minimum atomic E-state index is -0.353. The summed E-state index contributed by atoms with van der Waals surface area (Å²) in [6, 6.07) is 4.72. The van der Waals surface area contributed by atoms with Crippen LogP contribution in [0.4, 0.5) is 0 Å². The summed E-state index contributed by atoms with van der Waals surface area (Å²) >= 11 is 0. The van der Waals surface area contributed by atoms with Gasteiger partial charge < -0.3 is 9.47 Å². The van der Waals surface area contributed by atoms with Crippen LogP contribution in [0.15, 0.2) is 73.1 Å². The van der Waals surface area contributed by atoms with Crippen molar-refractivity contribution in [3.05, 3.63) is 78.7 Å². The molecule has 0 amide bonds. The molecule has 0 aromatic carbocycles. The zero-order chi connectivity index (χ0) is 36.1. The van der Waals surface area contributed by atoms with Crippen molar-refractivity contribution >= 4 is 0 Å². The second-order valence-corrected chi connectivity index (χ2v) is 15.6. The first kappa shape index (κ1) is 43.4. The lowest BCUT2D eigenvalue weighted by Crippen LogP contribution is -2.35. The number of nitrogens with zero attached hydrogens (tertiary/aromatic N) is 2. The molecule has 1 aliphatic heterocycles. The van der Waals surface area contributed by atoms with Crippen molar-refractivity contribution in [1.29, 1.82) is 0 Å². The monoisotopic (exact) mass is 703 g/mol. The van der Waals surface area contributed by atoms with Crippen molar-refractivity contribution in [3.8, 4) is 0 Å². The highest BCUT2D eigenvalue weighted by molar-refractivity contribution is 5.09. The van der Waals surface area contributed by atoms with Crippen LogP contribution >= 0.6 is 0 Å². The Morgan fingerprint density at radius 2 is 1.08 bits per heavy atom. The van der Waals surface area contributed by atoms with E-state index in [0.29, 0.717) is 6.04 Å². The molecule has 2 heterocycles. The fourth-order valence-corrected chi connectivity index (χ4v) is 7.78. The molecule has 1 saturated carbocycles. The molecule has 3 atom stereocenters. The van der Waals surface area contributed by atoms with Crippen LogP contribution in [-0.2, 0) is 16.0 Å². The largest absolute Gasteiger partial charge is 0.344 e. The Labute approximate surface area is 315 Å². The highest BCUT2D eigenvalue weighted by Gasteiger charge is 2.51. The van der Waals surface area contributed by atoms with E-state index < -0.39 is 0 Å². The number of hydrogen-bond acceptors (Lipinski definition) is 4. The van der Waals surface area contributed by atoms with Gasteiger partial charge in [-0.15, -0.1) is 0 Å². The van der Waals surface area contributed by atoms with Gasteiger partial charge in [-0.05, 0) is 95.7 Å². The summed E-state index contributed by atoms with van der Waals surface area (Å²) in [6.45, 7) is 5.45. The van der Waals surface area contributed by atoms with Gasteiger partial charge in [0, 0.05) is 37.8 Å². The SMILES string of the molecule is CCCC/C=C\C/C=C\CCCCCCCCC1(CCCCCCCC/C=C\C/C=C\CCCC)O[C@H]2C[C@H](N(C)Cc3cccnc3)C[C@H]2O1. The fourth-order valence-electron chi connectivity index (χ4n) is 7.78. The molecule has 4 nitrogen and oxygen atoms in total. The van der Waals surface area contributed by atoms with Gasteiger partial charge in [-0.1, -0.05) is 146 Å². The number of fused-ring (bicyclic) bond motifs is 1. The summed E-state index contributed by atoms with van der Waals surface area (Å²) in [5, 5.41) is 0. The molecule has 0 bridgehead atoms. The predicted octanol–water partition coefficient (Wildman–Crippen LogP) is 13.8. The maximum Gasteiger partial charge on any atom is 0.169 e. The molecule has 2 fully saturated rings. The first-order valence-electron chi connectivity index (χ1n) is 21.7. The Hall–Kier alpha value is -2.01. The minimum absolute atomic E-state index is 0.242. The molecule has 288 valence electrons. The van der Waals surface area contributed by atoms with Gasteiger partial charge >= 0.3 is 0 Å². The fraction of sp³-hybridized carbons (Fsp3) is 0.723. The van der Waals surface area contributed by atoms with Gasteiger partial charge in [-0.3, -0.25) is 9.88 Å². The van der Waals surface area contributed by atoms with Gasteiger partial charge in [-0.2, -0.15) is 0 Å². The van der Waals surface area contributed by atoms with E-state index in [-0.39, 0.29) is 18.0 Å². The third-order valence-electron chi connectivity index (χ3n) is 11.0. The summed E-state index contributed by atoms with van der Waals surface area (Å²) in [6.07, 6.45) is 55.4. The first-order chi connectivity index (χ1) is 25.2. The molecule has 3 rings (SSSR count). The van der Waals surface area contributed by atoms with Crippen LogP contribution < -0.4 is 0 Å². The Bertz CT molecular complexity index is 1020. The molecule has 0 spiro atoms. The van der Waals surface area contributed by atoms with Crippen molar-refractivity contribution in [2.75, 3.05) is 7.05 Å². The smallest absolute Gasteiger partial charge is 0.169 e. The van der Waals surface area contributed by atoms with Gasteiger partial charge in [0.2, 0.25) is 0 Å². The lowest BCUT2D eigenvalue weighted by molar-refractivity contribution is -0.193. The molecule has 0 radical (unpaired) electrons. The first-order valence-corrected chi connectivity index (χ1v) is 21.7. The van der Waals surface area contributed by atoms with Crippen molar-refractivity contribution < 1.29 is 9.47 Å². The Kier molecular flexibility index (Phi) is 24.2. The second kappa shape index (κ2) is 28.5. The van der Waals surface area contributed by atoms with Crippen molar-refractivity contribution in [1.82, 2.24) is 9.88 Å². The molecule has 2 aliphatic rings. The quantitative estimate of drug-likeness (QED) is 0.0570. The van der Waals surface area contributed by atoms with Gasteiger partial charge in [0.05, 0.1) is 12.2 Å². The standard InChI is InChI=1S/C47H78N2O2/c1-4-6-8-10-12-14-16-18-20-22-24-26-28-30-32-36-47(37-33-31-29-27-25-23-21-19-17-15-13-11-9-7-5-2)50-45-39-44(40-46(45)51-47)49(3)42-43-35-34-38-48-41-43/h10-13,16-19,34-35,38,41,44-46H,4-9,14-15,20-33,36-37,39-40,42H2,1-3H3/b12-10-,13-11-,18-16-,19-17-/t44-,45-,46+. The summed E-state index contributed by atoms with van der Waals surface area (Å²) < 4.78 is 13.9. The number of aromatic nitrogens is 1. The minimum Gasteiger partial charge on any atom is -0.344 e. The molecular formula is C47H78N2O2. The Morgan fingerprint density at radius 1 is 0.627 bits per heavy atom. The lowest BCUT2D eigenvalue weighted by atomic mass is 9.98. The van der Waals surface area contributed by atoms with Gasteiger partial charge in [0.1, 0.15) is 0 Å². The number of unbranched alkanes of at least 4 members (excludes halogenated alkanes) is 16. The Morgan fingerprint density at radius 3 is 1.53 bits per heavy atom. The average Bonchev–Trinajstić information content (AvgIpc) is 3.69. The maximum atomic E-state index is 6.96. The highest BCUT2D eigenvalue weighted by Crippen LogP contribution is 2.45. The van der Waals surface area contributed by atoms with E-state index in [1.54, 1.807) is 0 Å². The molecule has 4 heteroatoms. The number of ether oxygens (including phenoxy) is 2. The van der Waals surface area contributed by atoms with Crippen LogP contribution in [0.2, 0.25) is 0 Å². The summed E-state index contributed by atoms with van der Waals surface area (Å²) in [4.78, 5) is 6.79. The van der Waals surface area contributed by atoms with Crippen LogP contribution in [0.1, 0.15) is 186 Å². The van der Waals surface area contributed by atoms with Gasteiger partial charge in [-0.25, -0.2) is 0 Å². The molecule has 51 heavy (non-hydrogen) atoms. The molecule has 1 aliphatic carbocycles. The molecule has 0 N–H and O–H groups in total. The van der Waals surface area contributed by atoms with Crippen molar-refractivity contribution in [2.45, 2.75) is 211 Å². The van der Waals surface area contributed by atoms with E-state index in [2.05, 4.69) is 85.5 Å². The van der Waals surface area contributed by atoms with Crippen LogP contribution in [0, 0.1) is 0 Å². The summed E-state index contributed by atoms with van der Waals surface area (Å²) in [5.74, 6) is -0.353. The van der Waals surface area contributed by atoms with Crippen molar-refractivity contribution in [2.24, 2.45) is 0 Å². The molecule has 1 aromatic heterocycles. The van der Waals surface area contributed by atoms with Gasteiger partial charge in [0.15, 0.2) is 5.79 Å². The van der Waals surface area contributed by atoms with Crippen LogP contribution in [0.25, 0.3) is 0 Å². The number of hydrogen-bond donors (Lipinski definition) is 0. The van der Waals surface area contributed by atoms with Crippen LogP contribution in [-0.4, -0.2) is 41.0 Å². The number of rotatable bonds is 31. The van der Waals surface area contributed by atoms with Crippen molar-refractivity contribution in [3.63, 3.8) is 0 Å². The normalized spacial score (nSPS) is 20.4. The molecule has 1 aromatic rings. The van der Waals surface area contributed by atoms with E-state index in [0.717, 1.165) is 45.1 Å². The molecule has 0 unspecified atom stereocenters. The topological polar surface area (TPSA) is 34.6 Å². The number of allylic oxidation sites excluding steroid dienone is 8. The van der Waals surface area contributed by atoms with Crippen LogP contribution in [0.5, 0.6) is 0 Å². The van der Waals surface area contributed by atoms with E-state index in [9.17, 15) is 0 Å². The second-order valence-electron chi connectivity index (χ2n) is 15.6. The number of pyridine rings is 1. The predicted molar refractivity (Wildman–Crippen MR) is 220 cm³/mol.